The summed E-state index contributed by atoms with van der Waals surface area (Å²) >= 11 is 0. The van der Waals surface area contributed by atoms with Crippen LogP contribution in [0.15, 0.2) is 24.3 Å². The summed E-state index contributed by atoms with van der Waals surface area (Å²) in [7, 11) is 2.90. The van der Waals surface area contributed by atoms with Crippen LogP contribution >= 0.6 is 0 Å². The Balaban J connectivity index is 2.58. The third-order valence-electron chi connectivity index (χ3n) is 2.33. The average molecular weight is 224 g/mol. The summed E-state index contributed by atoms with van der Waals surface area (Å²) in [4.78, 5) is 10.9. The Morgan fingerprint density at radius 3 is 2.81 bits per heavy atom. The van der Waals surface area contributed by atoms with Gasteiger partial charge in [-0.3, -0.25) is 4.79 Å². The van der Waals surface area contributed by atoms with E-state index in [0.717, 1.165) is 5.56 Å². The maximum atomic E-state index is 10.9. The van der Waals surface area contributed by atoms with Crippen molar-refractivity contribution in [2.45, 2.75) is 18.9 Å². The van der Waals surface area contributed by atoms with Crippen LogP contribution in [0.4, 0.5) is 0 Å². The van der Waals surface area contributed by atoms with Gasteiger partial charge < -0.3 is 14.6 Å². The number of methoxy groups -OCH3 is 2. The van der Waals surface area contributed by atoms with Gasteiger partial charge in [0.25, 0.3) is 0 Å². The third kappa shape index (κ3) is 3.55. The molecule has 1 unspecified atom stereocenters. The Bertz CT molecular complexity index is 349. The number of aliphatic hydroxyl groups is 1. The maximum Gasteiger partial charge on any atom is 0.305 e. The Kier molecular flexibility index (Phi) is 4.79. The predicted octanol–water partition coefficient (Wildman–Crippen LogP) is 1.68. The molecule has 4 nitrogen and oxygen atoms in total. The minimum Gasteiger partial charge on any atom is -0.497 e. The number of ether oxygens (including phenoxy) is 2. The molecule has 0 aromatic heterocycles. The van der Waals surface area contributed by atoms with Gasteiger partial charge in [0.2, 0.25) is 0 Å². The number of benzene rings is 1. The molecule has 1 aromatic rings. The first-order valence-corrected chi connectivity index (χ1v) is 5.06. The number of carbonyl (C=O) groups excluding carboxylic acids is 1. The van der Waals surface area contributed by atoms with E-state index in [1.54, 1.807) is 31.4 Å². The first kappa shape index (κ1) is 12.5. The summed E-state index contributed by atoms with van der Waals surface area (Å²) < 4.78 is 9.56. The van der Waals surface area contributed by atoms with Crippen molar-refractivity contribution >= 4 is 5.97 Å². The van der Waals surface area contributed by atoms with Crippen molar-refractivity contribution in [3.8, 4) is 5.75 Å². The van der Waals surface area contributed by atoms with E-state index in [0.29, 0.717) is 12.2 Å². The van der Waals surface area contributed by atoms with E-state index in [1.165, 1.54) is 7.11 Å². The van der Waals surface area contributed by atoms with E-state index in [4.69, 9.17) is 4.74 Å². The Hall–Kier alpha value is -1.55. The summed E-state index contributed by atoms with van der Waals surface area (Å²) in [5, 5.41) is 9.82. The van der Waals surface area contributed by atoms with Gasteiger partial charge in [0.05, 0.1) is 20.3 Å². The molecule has 1 aromatic carbocycles. The fraction of sp³-hybridized carbons (Fsp3) is 0.417. The van der Waals surface area contributed by atoms with Gasteiger partial charge in [-0.15, -0.1) is 0 Å². The van der Waals surface area contributed by atoms with Gasteiger partial charge >= 0.3 is 5.97 Å². The molecule has 0 aliphatic rings. The van der Waals surface area contributed by atoms with Crippen LogP contribution in [0, 0.1) is 0 Å². The molecule has 0 amide bonds. The minimum absolute atomic E-state index is 0.203. The monoisotopic (exact) mass is 224 g/mol. The highest BCUT2D eigenvalue weighted by Crippen LogP contribution is 2.22. The largest absolute Gasteiger partial charge is 0.497 e. The van der Waals surface area contributed by atoms with Crippen LogP contribution in [-0.2, 0) is 9.53 Å². The lowest BCUT2D eigenvalue weighted by Crippen LogP contribution is -2.05. The van der Waals surface area contributed by atoms with E-state index in [-0.39, 0.29) is 12.4 Å². The molecule has 0 heterocycles. The van der Waals surface area contributed by atoms with E-state index in [9.17, 15) is 9.90 Å². The SMILES string of the molecule is COC(=O)CCC(O)c1cccc(OC)c1. The van der Waals surface area contributed by atoms with Crippen molar-refractivity contribution in [1.29, 1.82) is 0 Å². The first-order valence-electron chi connectivity index (χ1n) is 5.06. The molecule has 0 saturated carbocycles. The van der Waals surface area contributed by atoms with Gasteiger partial charge in [-0.25, -0.2) is 0 Å². The van der Waals surface area contributed by atoms with Crippen molar-refractivity contribution in [3.63, 3.8) is 0 Å². The van der Waals surface area contributed by atoms with Crippen LogP contribution in [-0.4, -0.2) is 25.3 Å². The van der Waals surface area contributed by atoms with Gasteiger partial charge in [-0.05, 0) is 24.1 Å². The minimum atomic E-state index is -0.672. The molecule has 0 fully saturated rings. The molecule has 16 heavy (non-hydrogen) atoms. The summed E-state index contributed by atoms with van der Waals surface area (Å²) in [5.41, 5.74) is 0.739. The van der Waals surface area contributed by atoms with Crippen LogP contribution in [0.25, 0.3) is 0 Å². The first-order chi connectivity index (χ1) is 7.67. The summed E-state index contributed by atoms with van der Waals surface area (Å²) in [6.07, 6.45) is -0.122. The fourth-order valence-corrected chi connectivity index (χ4v) is 1.37. The predicted molar refractivity (Wildman–Crippen MR) is 59.2 cm³/mol. The molecule has 1 N–H and O–H groups in total. The van der Waals surface area contributed by atoms with Crippen molar-refractivity contribution < 1.29 is 19.4 Å². The highest BCUT2D eigenvalue weighted by atomic mass is 16.5. The maximum absolute atomic E-state index is 10.9. The summed E-state index contributed by atoms with van der Waals surface area (Å²) in [6, 6.07) is 7.15. The fourth-order valence-electron chi connectivity index (χ4n) is 1.37. The van der Waals surface area contributed by atoms with Crippen LogP contribution in [0.2, 0.25) is 0 Å². The standard InChI is InChI=1S/C12H16O4/c1-15-10-5-3-4-9(8-10)11(13)6-7-12(14)16-2/h3-5,8,11,13H,6-7H2,1-2H3. The molecule has 0 aliphatic carbocycles. The normalized spacial score (nSPS) is 11.9. The topological polar surface area (TPSA) is 55.8 Å². The zero-order valence-electron chi connectivity index (χ0n) is 9.47. The molecule has 88 valence electrons. The number of hydrogen-bond donors (Lipinski definition) is 1. The Morgan fingerprint density at radius 1 is 1.44 bits per heavy atom. The molecular formula is C12H16O4. The molecule has 0 bridgehead atoms. The number of hydrogen-bond acceptors (Lipinski definition) is 4. The van der Waals surface area contributed by atoms with Gasteiger partial charge in [-0.1, -0.05) is 12.1 Å². The summed E-state index contributed by atoms with van der Waals surface area (Å²) in [6.45, 7) is 0. The zero-order chi connectivity index (χ0) is 12.0. The van der Waals surface area contributed by atoms with Crippen LogP contribution < -0.4 is 4.74 Å². The molecular weight excluding hydrogens is 208 g/mol. The van der Waals surface area contributed by atoms with Gasteiger partial charge in [0.15, 0.2) is 0 Å². The van der Waals surface area contributed by atoms with E-state index in [1.807, 2.05) is 0 Å². The van der Waals surface area contributed by atoms with E-state index >= 15 is 0 Å². The lowest BCUT2D eigenvalue weighted by atomic mass is 10.0. The second-order valence-electron chi connectivity index (χ2n) is 3.41. The number of esters is 1. The van der Waals surface area contributed by atoms with Crippen molar-refractivity contribution in [2.75, 3.05) is 14.2 Å². The van der Waals surface area contributed by atoms with Crippen LogP contribution in [0.3, 0.4) is 0 Å². The highest BCUT2D eigenvalue weighted by Gasteiger charge is 2.11. The molecule has 1 rings (SSSR count). The second-order valence-corrected chi connectivity index (χ2v) is 3.41. The lowest BCUT2D eigenvalue weighted by Gasteiger charge is -2.11. The molecule has 0 saturated heterocycles. The number of aliphatic hydroxyl groups excluding tert-OH is 1. The second kappa shape index (κ2) is 6.12. The average Bonchev–Trinajstić information content (AvgIpc) is 2.35. The molecule has 0 aliphatic heterocycles. The number of rotatable bonds is 5. The van der Waals surface area contributed by atoms with Gasteiger partial charge in [0.1, 0.15) is 5.75 Å². The van der Waals surface area contributed by atoms with Gasteiger partial charge in [-0.2, -0.15) is 0 Å². The zero-order valence-corrected chi connectivity index (χ0v) is 9.47. The van der Waals surface area contributed by atoms with Crippen LogP contribution in [0.5, 0.6) is 5.75 Å². The highest BCUT2D eigenvalue weighted by molar-refractivity contribution is 5.69. The molecule has 1 atom stereocenters. The third-order valence-corrected chi connectivity index (χ3v) is 2.33. The van der Waals surface area contributed by atoms with Crippen molar-refractivity contribution in [3.05, 3.63) is 29.8 Å². The quantitative estimate of drug-likeness (QED) is 0.773. The van der Waals surface area contributed by atoms with Crippen molar-refractivity contribution in [2.24, 2.45) is 0 Å². The summed E-state index contributed by atoms with van der Waals surface area (Å²) in [5.74, 6) is 0.372. The smallest absolute Gasteiger partial charge is 0.305 e. The molecule has 0 spiro atoms. The lowest BCUT2D eigenvalue weighted by molar-refractivity contribution is -0.141. The van der Waals surface area contributed by atoms with Crippen LogP contribution in [0.1, 0.15) is 24.5 Å². The Morgan fingerprint density at radius 2 is 2.19 bits per heavy atom. The van der Waals surface area contributed by atoms with E-state index in [2.05, 4.69) is 4.74 Å². The Labute approximate surface area is 94.8 Å². The number of carbonyl (C=O) groups is 1. The molecule has 4 heteroatoms. The molecule has 0 radical (unpaired) electrons. The van der Waals surface area contributed by atoms with Crippen molar-refractivity contribution in [1.82, 2.24) is 0 Å². The van der Waals surface area contributed by atoms with Gasteiger partial charge in [0, 0.05) is 6.42 Å². The van der Waals surface area contributed by atoms with E-state index < -0.39 is 6.10 Å².